The summed E-state index contributed by atoms with van der Waals surface area (Å²) in [7, 11) is 0. The van der Waals surface area contributed by atoms with Crippen molar-refractivity contribution in [1.29, 1.82) is 0 Å². The molecular weight excluding hydrogens is 354 g/mol. The Morgan fingerprint density at radius 2 is 1.38 bits per heavy atom. The summed E-state index contributed by atoms with van der Waals surface area (Å²) in [5, 5.41) is 3.51. The highest BCUT2D eigenvalue weighted by molar-refractivity contribution is 6.08. The fourth-order valence-electron chi connectivity index (χ4n) is 4.67. The number of carbonyl (C=O) groups is 1. The topological polar surface area (TPSA) is 29.1 Å². The second-order valence-electron chi connectivity index (χ2n) is 8.84. The zero-order valence-electron chi connectivity index (χ0n) is 18.3. The van der Waals surface area contributed by atoms with Gasteiger partial charge < -0.3 is 5.32 Å². The van der Waals surface area contributed by atoms with E-state index < -0.39 is 0 Å². The van der Waals surface area contributed by atoms with E-state index in [2.05, 4.69) is 24.4 Å². The van der Waals surface area contributed by atoms with Gasteiger partial charge in [-0.15, -0.1) is 0 Å². The Kier molecular flexibility index (Phi) is 9.05. The first-order valence-electron chi connectivity index (χ1n) is 12.1. The number of ketones is 1. The van der Waals surface area contributed by atoms with E-state index in [0.29, 0.717) is 0 Å². The van der Waals surface area contributed by atoms with Gasteiger partial charge in [0.1, 0.15) is 0 Å². The van der Waals surface area contributed by atoms with Crippen LogP contribution < -0.4 is 5.32 Å². The van der Waals surface area contributed by atoms with E-state index in [4.69, 9.17) is 0 Å². The zero-order chi connectivity index (χ0) is 20.3. The van der Waals surface area contributed by atoms with Crippen molar-refractivity contribution in [1.82, 2.24) is 5.32 Å². The number of rotatable bonds is 14. The van der Waals surface area contributed by atoms with E-state index in [9.17, 15) is 4.79 Å². The number of carbonyl (C=O) groups excluding carboxylic acids is 1. The van der Waals surface area contributed by atoms with Gasteiger partial charge in [-0.05, 0) is 18.4 Å². The summed E-state index contributed by atoms with van der Waals surface area (Å²) in [6.07, 6.45) is 23.3. The molecule has 1 aliphatic heterocycles. The van der Waals surface area contributed by atoms with Crippen LogP contribution in [0.1, 0.15) is 119 Å². The largest absolute Gasteiger partial charge is 0.362 e. The second-order valence-corrected chi connectivity index (χ2v) is 8.84. The normalized spacial score (nSPS) is 17.4. The number of fused-ring (bicyclic) bond motifs is 3. The molecule has 1 aliphatic carbocycles. The first-order chi connectivity index (χ1) is 14.3. The van der Waals surface area contributed by atoms with Crippen LogP contribution in [0.5, 0.6) is 0 Å². The average molecular weight is 394 g/mol. The van der Waals surface area contributed by atoms with Crippen LogP contribution in [0.25, 0.3) is 0 Å². The Bertz CT molecular complexity index is 715. The summed E-state index contributed by atoms with van der Waals surface area (Å²) < 4.78 is 0. The van der Waals surface area contributed by atoms with Crippen molar-refractivity contribution in [3.63, 3.8) is 0 Å². The Labute approximate surface area is 177 Å². The lowest BCUT2D eigenvalue weighted by Crippen LogP contribution is -2.18. The monoisotopic (exact) mass is 393 g/mol. The molecule has 2 nitrogen and oxygen atoms in total. The first kappa shape index (κ1) is 21.9. The van der Waals surface area contributed by atoms with E-state index in [1.54, 1.807) is 6.08 Å². The van der Waals surface area contributed by atoms with Gasteiger partial charge in [0.25, 0.3) is 0 Å². The van der Waals surface area contributed by atoms with Crippen LogP contribution in [0.4, 0.5) is 0 Å². The highest BCUT2D eigenvalue weighted by Crippen LogP contribution is 2.37. The smallest absolute Gasteiger partial charge is 0.187 e. The maximum absolute atomic E-state index is 12.3. The number of hydrogen-bond acceptors (Lipinski definition) is 2. The van der Waals surface area contributed by atoms with Gasteiger partial charge in [-0.25, -0.2) is 0 Å². The first-order valence-corrected chi connectivity index (χ1v) is 12.1. The molecule has 1 atom stereocenters. The van der Waals surface area contributed by atoms with Crippen molar-refractivity contribution in [2.24, 2.45) is 0 Å². The molecule has 0 bridgehead atoms. The summed E-state index contributed by atoms with van der Waals surface area (Å²) in [4.78, 5) is 12.3. The molecule has 0 fully saturated rings. The van der Waals surface area contributed by atoms with Crippen molar-refractivity contribution >= 4 is 5.78 Å². The van der Waals surface area contributed by atoms with Gasteiger partial charge in [-0.2, -0.15) is 0 Å². The molecule has 1 heterocycles. The van der Waals surface area contributed by atoms with Gasteiger partial charge >= 0.3 is 0 Å². The van der Waals surface area contributed by atoms with Crippen molar-refractivity contribution in [2.75, 3.05) is 0 Å². The number of benzene rings is 1. The molecule has 1 aromatic rings. The lowest BCUT2D eigenvalue weighted by Gasteiger charge is -2.19. The van der Waals surface area contributed by atoms with E-state index in [1.807, 2.05) is 18.2 Å². The Balaban J connectivity index is 1.24. The molecule has 2 aliphatic rings. The second kappa shape index (κ2) is 12.0. The summed E-state index contributed by atoms with van der Waals surface area (Å²) in [5.74, 6) is 0.385. The Morgan fingerprint density at radius 3 is 2.03 bits per heavy atom. The molecule has 2 heteroatoms. The minimum atomic E-state index is 0.134. The SMILES string of the molecule is CCCCCCCCCCCCCCCC1=CC2C(=CC(=O)c3ccccc32)N1. The van der Waals surface area contributed by atoms with Gasteiger partial charge in [0.15, 0.2) is 5.78 Å². The Morgan fingerprint density at radius 1 is 0.793 bits per heavy atom. The summed E-state index contributed by atoms with van der Waals surface area (Å²) in [6.45, 7) is 2.28. The summed E-state index contributed by atoms with van der Waals surface area (Å²) >= 11 is 0. The Hall–Kier alpha value is -1.83. The maximum atomic E-state index is 12.3. The molecule has 0 spiro atoms. The van der Waals surface area contributed by atoms with Crippen LogP contribution >= 0.6 is 0 Å². The fourth-order valence-corrected chi connectivity index (χ4v) is 4.67. The molecule has 0 saturated carbocycles. The number of hydrogen-bond donors (Lipinski definition) is 1. The van der Waals surface area contributed by atoms with E-state index in [-0.39, 0.29) is 11.7 Å². The standard InChI is InChI=1S/C27H39NO/c1-2-3-4-5-6-7-8-9-10-11-12-13-14-17-22-20-25-23-18-15-16-19-24(23)27(29)21-26(25)28-22/h15-16,18-21,25,28H,2-14,17H2,1H3. The van der Waals surface area contributed by atoms with Crippen LogP contribution in [-0.4, -0.2) is 5.78 Å². The van der Waals surface area contributed by atoms with E-state index in [1.165, 1.54) is 89.2 Å². The minimum Gasteiger partial charge on any atom is -0.362 e. The van der Waals surface area contributed by atoms with Gasteiger partial charge in [0.05, 0.1) is 0 Å². The molecule has 1 N–H and O–H groups in total. The molecule has 1 aromatic carbocycles. The number of unbranched alkanes of at least 4 members (excludes halogenated alkanes) is 12. The van der Waals surface area contributed by atoms with E-state index in [0.717, 1.165) is 23.2 Å². The number of nitrogens with one attached hydrogen (secondary N) is 1. The lowest BCUT2D eigenvalue weighted by molar-refractivity contribution is 0.104. The molecule has 0 aromatic heterocycles. The summed E-state index contributed by atoms with van der Waals surface area (Å²) in [5.41, 5.74) is 4.39. The minimum absolute atomic E-state index is 0.134. The lowest BCUT2D eigenvalue weighted by atomic mass is 9.86. The van der Waals surface area contributed by atoms with E-state index >= 15 is 0 Å². The van der Waals surface area contributed by atoms with Gasteiger partial charge in [0.2, 0.25) is 0 Å². The number of allylic oxidation sites excluding steroid dienone is 3. The zero-order valence-corrected chi connectivity index (χ0v) is 18.3. The van der Waals surface area contributed by atoms with Crippen LogP contribution in [0.15, 0.2) is 47.8 Å². The average Bonchev–Trinajstić information content (AvgIpc) is 3.14. The molecule has 29 heavy (non-hydrogen) atoms. The highest BCUT2D eigenvalue weighted by atomic mass is 16.1. The molecule has 0 amide bonds. The van der Waals surface area contributed by atoms with Crippen molar-refractivity contribution in [2.45, 2.75) is 103 Å². The molecular formula is C27H39NO. The van der Waals surface area contributed by atoms with Crippen LogP contribution in [-0.2, 0) is 0 Å². The highest BCUT2D eigenvalue weighted by Gasteiger charge is 2.30. The molecule has 1 unspecified atom stereocenters. The molecule has 0 radical (unpaired) electrons. The fraction of sp³-hybridized carbons (Fsp3) is 0.593. The van der Waals surface area contributed by atoms with Crippen LogP contribution in [0, 0.1) is 0 Å². The predicted octanol–water partition coefficient (Wildman–Crippen LogP) is 7.82. The van der Waals surface area contributed by atoms with Crippen molar-refractivity contribution in [3.05, 3.63) is 58.9 Å². The molecule has 3 rings (SSSR count). The third kappa shape index (κ3) is 6.59. The van der Waals surface area contributed by atoms with Crippen molar-refractivity contribution in [3.8, 4) is 0 Å². The van der Waals surface area contributed by atoms with Crippen LogP contribution in [0.2, 0.25) is 0 Å². The predicted molar refractivity (Wildman–Crippen MR) is 123 cm³/mol. The maximum Gasteiger partial charge on any atom is 0.187 e. The van der Waals surface area contributed by atoms with Gasteiger partial charge in [-0.3, -0.25) is 4.79 Å². The van der Waals surface area contributed by atoms with Gasteiger partial charge in [-0.1, -0.05) is 114 Å². The van der Waals surface area contributed by atoms with Crippen LogP contribution in [0.3, 0.4) is 0 Å². The molecule has 0 saturated heterocycles. The summed E-state index contributed by atoms with van der Waals surface area (Å²) in [6, 6.07) is 8.03. The molecule has 158 valence electrons. The third-order valence-corrected chi connectivity index (χ3v) is 6.41. The quantitative estimate of drug-likeness (QED) is 0.326. The van der Waals surface area contributed by atoms with Crippen molar-refractivity contribution < 1.29 is 4.79 Å². The van der Waals surface area contributed by atoms with Gasteiger partial charge in [0, 0.05) is 29.0 Å². The third-order valence-electron chi connectivity index (χ3n) is 6.41.